The van der Waals surface area contributed by atoms with Gasteiger partial charge in [-0.05, 0) is 31.0 Å². The molecule has 1 saturated heterocycles. The Morgan fingerprint density at radius 2 is 2.04 bits per heavy atom. The molecule has 0 bridgehead atoms. The molecule has 1 amide bonds. The van der Waals surface area contributed by atoms with E-state index in [4.69, 9.17) is 19.6 Å². The van der Waals surface area contributed by atoms with Crippen molar-refractivity contribution >= 4 is 11.6 Å². The van der Waals surface area contributed by atoms with Crippen LogP contribution < -0.4 is 9.47 Å². The van der Waals surface area contributed by atoms with Gasteiger partial charge in [-0.3, -0.25) is 4.79 Å². The second-order valence-corrected chi connectivity index (χ2v) is 7.04. The van der Waals surface area contributed by atoms with E-state index in [-0.39, 0.29) is 11.8 Å². The third kappa shape index (κ3) is 3.28. The normalized spacial score (nSPS) is 17.0. The Labute approximate surface area is 163 Å². The van der Waals surface area contributed by atoms with Gasteiger partial charge >= 0.3 is 0 Å². The maximum Gasteiger partial charge on any atom is 0.219 e. The second-order valence-electron chi connectivity index (χ2n) is 7.04. The molecular formula is C21H24N4O3. The number of methoxy groups -OCH3 is 2. The van der Waals surface area contributed by atoms with Crippen molar-refractivity contribution in [2.75, 3.05) is 27.3 Å². The van der Waals surface area contributed by atoms with Crippen LogP contribution in [0.2, 0.25) is 0 Å². The summed E-state index contributed by atoms with van der Waals surface area (Å²) in [5.41, 5.74) is 2.69. The van der Waals surface area contributed by atoms with Crippen LogP contribution in [0.5, 0.6) is 11.5 Å². The third-order valence-electron chi connectivity index (χ3n) is 5.29. The van der Waals surface area contributed by atoms with Crippen LogP contribution in [0.3, 0.4) is 0 Å². The largest absolute Gasteiger partial charge is 0.493 e. The first-order valence-electron chi connectivity index (χ1n) is 9.44. The van der Waals surface area contributed by atoms with Gasteiger partial charge in [-0.25, -0.2) is 9.50 Å². The van der Waals surface area contributed by atoms with E-state index in [1.54, 1.807) is 25.7 Å². The summed E-state index contributed by atoms with van der Waals surface area (Å²) in [4.78, 5) is 18.3. The molecule has 1 aliphatic rings. The maximum atomic E-state index is 11.7. The summed E-state index contributed by atoms with van der Waals surface area (Å²) in [6.07, 6.45) is 3.93. The minimum atomic E-state index is 0.112. The molecule has 1 unspecified atom stereocenters. The molecule has 3 heterocycles. The molecule has 146 valence electrons. The van der Waals surface area contributed by atoms with Crippen LogP contribution in [0.1, 0.15) is 31.5 Å². The highest BCUT2D eigenvalue weighted by Gasteiger charge is 2.26. The van der Waals surface area contributed by atoms with Gasteiger partial charge in [0.1, 0.15) is 0 Å². The van der Waals surface area contributed by atoms with E-state index in [1.165, 1.54) is 0 Å². The van der Waals surface area contributed by atoms with Crippen LogP contribution in [0.25, 0.3) is 16.8 Å². The number of amides is 1. The number of aromatic nitrogens is 3. The van der Waals surface area contributed by atoms with Gasteiger partial charge < -0.3 is 14.4 Å². The van der Waals surface area contributed by atoms with Gasteiger partial charge in [-0.1, -0.05) is 12.1 Å². The van der Waals surface area contributed by atoms with Gasteiger partial charge in [0.05, 0.1) is 14.2 Å². The van der Waals surface area contributed by atoms with Gasteiger partial charge in [0.2, 0.25) is 5.91 Å². The summed E-state index contributed by atoms with van der Waals surface area (Å²) in [7, 11) is 3.26. The quantitative estimate of drug-likeness (QED) is 0.696. The number of piperidine rings is 1. The molecule has 28 heavy (non-hydrogen) atoms. The minimum absolute atomic E-state index is 0.112. The number of para-hydroxylation sites is 1. The highest BCUT2D eigenvalue weighted by molar-refractivity contribution is 5.74. The van der Waals surface area contributed by atoms with Crippen LogP contribution in [-0.2, 0) is 4.79 Å². The Hall–Kier alpha value is -3.09. The molecule has 0 saturated carbocycles. The number of benzene rings is 1. The first kappa shape index (κ1) is 18.3. The van der Waals surface area contributed by atoms with Crippen LogP contribution in [0.4, 0.5) is 0 Å². The molecule has 2 aromatic heterocycles. The molecule has 1 fully saturated rings. The first-order valence-corrected chi connectivity index (χ1v) is 9.44. The van der Waals surface area contributed by atoms with E-state index >= 15 is 0 Å². The Kier molecular flexibility index (Phi) is 4.90. The number of rotatable bonds is 4. The average molecular weight is 380 g/mol. The Bertz CT molecular complexity index is 1010. The fourth-order valence-corrected chi connectivity index (χ4v) is 3.82. The van der Waals surface area contributed by atoms with Crippen molar-refractivity contribution in [3.8, 4) is 22.6 Å². The van der Waals surface area contributed by atoms with Gasteiger partial charge in [-0.2, -0.15) is 5.10 Å². The molecule has 1 aliphatic heterocycles. The van der Waals surface area contributed by atoms with Gasteiger partial charge in [0.15, 0.2) is 23.0 Å². The maximum absolute atomic E-state index is 11.7. The molecule has 1 aromatic carbocycles. The molecule has 7 heteroatoms. The standard InChI is InChI=1S/C21H24N4O3/c1-14(26)24-11-5-6-16(12-24)21-22-19-10-9-15(13-25(19)23-21)17-7-4-8-18(27-2)20(17)28-3/h4,7-10,13,16H,5-6,11-12H2,1-3H3. The number of ether oxygens (including phenoxy) is 2. The van der Waals surface area contributed by atoms with Crippen LogP contribution >= 0.6 is 0 Å². The summed E-state index contributed by atoms with van der Waals surface area (Å²) in [5.74, 6) is 2.45. The number of pyridine rings is 1. The van der Waals surface area contributed by atoms with E-state index in [0.29, 0.717) is 18.0 Å². The van der Waals surface area contributed by atoms with Gasteiger partial charge in [0.25, 0.3) is 0 Å². The highest BCUT2D eigenvalue weighted by Crippen LogP contribution is 2.37. The lowest BCUT2D eigenvalue weighted by Gasteiger charge is -2.30. The van der Waals surface area contributed by atoms with Crippen molar-refractivity contribution in [1.29, 1.82) is 0 Å². The fourth-order valence-electron chi connectivity index (χ4n) is 3.82. The monoisotopic (exact) mass is 380 g/mol. The van der Waals surface area contributed by atoms with Gasteiger partial charge in [-0.15, -0.1) is 0 Å². The summed E-state index contributed by atoms with van der Waals surface area (Å²) in [5, 5.41) is 4.71. The van der Waals surface area contributed by atoms with Crippen LogP contribution in [0, 0.1) is 0 Å². The topological polar surface area (TPSA) is 69.0 Å². The predicted octanol–water partition coefficient (Wildman–Crippen LogP) is 3.14. The summed E-state index contributed by atoms with van der Waals surface area (Å²) in [6, 6.07) is 9.76. The molecule has 0 aliphatic carbocycles. The number of carbonyl (C=O) groups is 1. The smallest absolute Gasteiger partial charge is 0.219 e. The van der Waals surface area contributed by atoms with Crippen molar-refractivity contribution < 1.29 is 14.3 Å². The fraction of sp³-hybridized carbons (Fsp3) is 0.381. The zero-order chi connectivity index (χ0) is 19.7. The number of fused-ring (bicyclic) bond motifs is 1. The summed E-state index contributed by atoms with van der Waals surface area (Å²) in [6.45, 7) is 3.12. The average Bonchev–Trinajstić information content (AvgIpc) is 3.16. The number of nitrogens with zero attached hydrogens (tertiary/aromatic N) is 4. The lowest BCUT2D eigenvalue weighted by atomic mass is 9.97. The first-order chi connectivity index (χ1) is 13.6. The Morgan fingerprint density at radius 3 is 2.79 bits per heavy atom. The van der Waals surface area contributed by atoms with E-state index < -0.39 is 0 Å². The zero-order valence-corrected chi connectivity index (χ0v) is 16.4. The van der Waals surface area contributed by atoms with Gasteiger partial charge in [0, 0.05) is 43.3 Å². The SMILES string of the molecule is COc1cccc(-c2ccc3nc(C4CCCN(C(C)=O)C4)nn3c2)c1OC. The summed E-state index contributed by atoms with van der Waals surface area (Å²) < 4.78 is 12.8. The molecule has 4 rings (SSSR count). The van der Waals surface area contributed by atoms with E-state index in [2.05, 4.69) is 0 Å². The third-order valence-corrected chi connectivity index (χ3v) is 5.29. The van der Waals surface area contributed by atoms with E-state index in [9.17, 15) is 4.79 Å². The predicted molar refractivity (Wildman–Crippen MR) is 106 cm³/mol. The van der Waals surface area contributed by atoms with Crippen molar-refractivity contribution in [3.63, 3.8) is 0 Å². The molecule has 0 radical (unpaired) electrons. The number of carbonyl (C=O) groups excluding carboxylic acids is 1. The molecule has 3 aromatic rings. The molecule has 7 nitrogen and oxygen atoms in total. The lowest BCUT2D eigenvalue weighted by Crippen LogP contribution is -2.37. The Morgan fingerprint density at radius 1 is 1.18 bits per heavy atom. The second kappa shape index (κ2) is 7.50. The molecule has 0 spiro atoms. The van der Waals surface area contributed by atoms with Crippen LogP contribution in [0.15, 0.2) is 36.5 Å². The molecule has 0 N–H and O–H groups in total. The van der Waals surface area contributed by atoms with Crippen molar-refractivity contribution in [3.05, 3.63) is 42.4 Å². The van der Waals surface area contributed by atoms with Crippen LogP contribution in [-0.4, -0.2) is 52.7 Å². The zero-order valence-electron chi connectivity index (χ0n) is 16.4. The number of hydrogen-bond acceptors (Lipinski definition) is 5. The van der Waals surface area contributed by atoms with E-state index in [0.717, 1.165) is 42.0 Å². The van der Waals surface area contributed by atoms with E-state index in [1.807, 2.05) is 41.4 Å². The highest BCUT2D eigenvalue weighted by atomic mass is 16.5. The summed E-state index contributed by atoms with van der Waals surface area (Å²) >= 11 is 0. The Balaban J connectivity index is 1.69. The number of hydrogen-bond donors (Lipinski definition) is 0. The lowest BCUT2D eigenvalue weighted by molar-refractivity contribution is -0.130. The van der Waals surface area contributed by atoms with Crippen molar-refractivity contribution in [2.24, 2.45) is 0 Å². The minimum Gasteiger partial charge on any atom is -0.493 e. The molecular weight excluding hydrogens is 356 g/mol. The molecule has 1 atom stereocenters. The van der Waals surface area contributed by atoms with Crippen molar-refractivity contribution in [1.82, 2.24) is 19.5 Å². The van der Waals surface area contributed by atoms with Crippen molar-refractivity contribution in [2.45, 2.75) is 25.7 Å². The number of likely N-dealkylation sites (tertiary alicyclic amines) is 1.